The van der Waals surface area contributed by atoms with Crippen molar-refractivity contribution in [3.05, 3.63) is 11.6 Å². The summed E-state index contributed by atoms with van der Waals surface area (Å²) in [6.45, 7) is 1.92. The topological polar surface area (TPSA) is 46.5 Å². The lowest BCUT2D eigenvalue weighted by molar-refractivity contribution is -0.140. The number of carbonyl (C=O) groups excluding carboxylic acids is 1. The zero-order valence-electron chi connectivity index (χ0n) is 8.25. The summed E-state index contributed by atoms with van der Waals surface area (Å²) in [5.74, 6) is 5.24. The van der Waals surface area contributed by atoms with Crippen LogP contribution in [0.5, 0.6) is 0 Å². The molecule has 1 rings (SSSR count). The van der Waals surface area contributed by atoms with Gasteiger partial charge < -0.3 is 9.84 Å². The molecule has 0 aliphatic carbocycles. The first-order valence-corrected chi connectivity index (χ1v) is 4.80. The van der Waals surface area contributed by atoms with Crippen molar-refractivity contribution in [2.75, 3.05) is 6.61 Å². The fourth-order valence-electron chi connectivity index (χ4n) is 1.09. The maximum Gasteiger partial charge on any atom is 0.347 e. The van der Waals surface area contributed by atoms with E-state index in [1.807, 2.05) is 0 Å². The van der Waals surface area contributed by atoms with E-state index in [9.17, 15) is 4.79 Å². The van der Waals surface area contributed by atoms with Crippen molar-refractivity contribution >= 4 is 5.97 Å². The Kier molecular flexibility index (Phi) is 4.21. The van der Waals surface area contributed by atoms with Gasteiger partial charge in [0.05, 0.1) is 6.61 Å². The van der Waals surface area contributed by atoms with Crippen molar-refractivity contribution in [2.45, 2.75) is 32.3 Å². The van der Waals surface area contributed by atoms with Gasteiger partial charge in [-0.05, 0) is 12.5 Å². The predicted octanol–water partition coefficient (Wildman–Crippen LogP) is 1.02. The first kappa shape index (κ1) is 10.8. The van der Waals surface area contributed by atoms with Gasteiger partial charge in [-0.3, -0.25) is 0 Å². The molecule has 1 aliphatic heterocycles. The molecule has 0 fully saturated rings. The van der Waals surface area contributed by atoms with Crippen LogP contribution in [-0.4, -0.2) is 23.8 Å². The number of hydrogen-bond donors (Lipinski definition) is 1. The van der Waals surface area contributed by atoms with E-state index in [0.717, 1.165) is 19.3 Å². The normalized spacial score (nSPS) is 19.7. The highest BCUT2D eigenvalue weighted by molar-refractivity contribution is 5.95. The van der Waals surface area contributed by atoms with E-state index in [2.05, 4.69) is 18.8 Å². The molecular formula is C11H14O3. The van der Waals surface area contributed by atoms with Crippen LogP contribution in [0, 0.1) is 11.8 Å². The summed E-state index contributed by atoms with van der Waals surface area (Å²) in [7, 11) is 0. The Hall–Kier alpha value is -1.27. The second-order valence-corrected chi connectivity index (χ2v) is 3.11. The van der Waals surface area contributed by atoms with Gasteiger partial charge in [-0.25, -0.2) is 4.79 Å². The molecule has 0 saturated heterocycles. The number of carbonyl (C=O) groups is 1. The molecule has 0 bridgehead atoms. The molecule has 76 valence electrons. The number of cyclic esters (lactones) is 1. The van der Waals surface area contributed by atoms with Gasteiger partial charge in [-0.15, -0.1) is 0 Å². The minimum Gasteiger partial charge on any atom is -0.452 e. The van der Waals surface area contributed by atoms with Crippen LogP contribution < -0.4 is 0 Å². The molecule has 0 saturated carbocycles. The quantitative estimate of drug-likeness (QED) is 0.414. The number of hydrogen-bond acceptors (Lipinski definition) is 3. The molecule has 0 aromatic carbocycles. The molecule has 0 aromatic heterocycles. The molecule has 1 N–H and O–H groups in total. The van der Waals surface area contributed by atoms with Crippen molar-refractivity contribution < 1.29 is 14.6 Å². The Labute approximate surface area is 83.8 Å². The Morgan fingerprint density at radius 3 is 3.00 bits per heavy atom. The van der Waals surface area contributed by atoms with Crippen LogP contribution in [0.15, 0.2) is 11.6 Å². The van der Waals surface area contributed by atoms with Crippen molar-refractivity contribution in [1.29, 1.82) is 0 Å². The monoisotopic (exact) mass is 194 g/mol. The fourth-order valence-corrected chi connectivity index (χ4v) is 1.09. The number of esters is 1. The average Bonchev–Trinajstić information content (AvgIpc) is 2.54. The van der Waals surface area contributed by atoms with Crippen molar-refractivity contribution in [2.24, 2.45) is 0 Å². The van der Waals surface area contributed by atoms with Crippen molar-refractivity contribution in [1.82, 2.24) is 0 Å². The maximum atomic E-state index is 11.1. The number of aliphatic hydroxyl groups excluding tert-OH is 1. The van der Waals surface area contributed by atoms with Gasteiger partial charge in [0.25, 0.3) is 0 Å². The third-order valence-electron chi connectivity index (χ3n) is 1.89. The molecular weight excluding hydrogens is 180 g/mol. The first-order chi connectivity index (χ1) is 6.77. The Bertz CT molecular complexity index is 293. The Morgan fingerprint density at radius 1 is 1.64 bits per heavy atom. The van der Waals surface area contributed by atoms with Crippen LogP contribution in [0.2, 0.25) is 0 Å². The number of unbranched alkanes of at least 4 members (excludes halogenated alkanes) is 2. The van der Waals surface area contributed by atoms with Crippen LogP contribution in [0.3, 0.4) is 0 Å². The van der Waals surface area contributed by atoms with E-state index in [1.165, 1.54) is 0 Å². The standard InChI is InChI=1S/C11H14O3/c1-2-3-4-5-6-9-7-10(8-12)14-11(9)13/h7,10,12H,2-4,8H2,1H3/t10-/m0/s1. The summed E-state index contributed by atoms with van der Waals surface area (Å²) in [4.78, 5) is 11.1. The first-order valence-electron chi connectivity index (χ1n) is 4.80. The van der Waals surface area contributed by atoms with Crippen LogP contribution in [-0.2, 0) is 9.53 Å². The van der Waals surface area contributed by atoms with Gasteiger partial charge in [0, 0.05) is 6.42 Å². The van der Waals surface area contributed by atoms with Crippen LogP contribution in [0.1, 0.15) is 26.2 Å². The van der Waals surface area contributed by atoms with Gasteiger partial charge in [-0.1, -0.05) is 25.2 Å². The lowest BCUT2D eigenvalue weighted by atomic mass is 10.2. The van der Waals surface area contributed by atoms with Crippen molar-refractivity contribution in [3.8, 4) is 11.8 Å². The third-order valence-corrected chi connectivity index (χ3v) is 1.89. The summed E-state index contributed by atoms with van der Waals surface area (Å²) in [6.07, 6.45) is 4.00. The summed E-state index contributed by atoms with van der Waals surface area (Å²) in [5, 5.41) is 8.74. The smallest absolute Gasteiger partial charge is 0.347 e. The Balaban J connectivity index is 2.50. The lowest BCUT2D eigenvalue weighted by Crippen LogP contribution is -2.11. The molecule has 0 radical (unpaired) electrons. The van der Waals surface area contributed by atoms with E-state index in [4.69, 9.17) is 9.84 Å². The molecule has 14 heavy (non-hydrogen) atoms. The molecule has 0 amide bonds. The highest BCUT2D eigenvalue weighted by Crippen LogP contribution is 2.12. The lowest BCUT2D eigenvalue weighted by Gasteiger charge is -2.00. The Morgan fingerprint density at radius 2 is 2.43 bits per heavy atom. The second-order valence-electron chi connectivity index (χ2n) is 3.11. The molecule has 1 aliphatic rings. The largest absolute Gasteiger partial charge is 0.452 e. The molecule has 1 heterocycles. The molecule has 3 nitrogen and oxygen atoms in total. The molecule has 1 atom stereocenters. The average molecular weight is 194 g/mol. The summed E-state index contributed by atoms with van der Waals surface area (Å²) < 4.78 is 4.80. The zero-order chi connectivity index (χ0) is 10.4. The van der Waals surface area contributed by atoms with E-state index in [-0.39, 0.29) is 6.61 Å². The SMILES string of the molecule is CCCCC#CC1=C[C@@H](CO)OC1=O. The predicted molar refractivity (Wildman–Crippen MR) is 52.3 cm³/mol. The number of aliphatic hydroxyl groups is 1. The molecule has 3 heteroatoms. The van der Waals surface area contributed by atoms with E-state index < -0.39 is 12.1 Å². The van der Waals surface area contributed by atoms with Crippen LogP contribution in [0.4, 0.5) is 0 Å². The van der Waals surface area contributed by atoms with Crippen molar-refractivity contribution in [3.63, 3.8) is 0 Å². The number of ether oxygens (including phenoxy) is 1. The highest BCUT2D eigenvalue weighted by atomic mass is 16.6. The summed E-state index contributed by atoms with van der Waals surface area (Å²) in [5.41, 5.74) is 0.375. The van der Waals surface area contributed by atoms with Gasteiger partial charge in [0.2, 0.25) is 0 Å². The maximum absolute atomic E-state index is 11.1. The van der Waals surface area contributed by atoms with E-state index in [0.29, 0.717) is 5.57 Å². The molecule has 0 spiro atoms. The minimum atomic E-state index is -0.502. The zero-order valence-corrected chi connectivity index (χ0v) is 8.25. The minimum absolute atomic E-state index is 0.175. The van der Waals surface area contributed by atoms with Gasteiger partial charge in [0.1, 0.15) is 11.7 Å². The van der Waals surface area contributed by atoms with Gasteiger partial charge in [-0.2, -0.15) is 0 Å². The van der Waals surface area contributed by atoms with Gasteiger partial charge >= 0.3 is 5.97 Å². The summed E-state index contributed by atoms with van der Waals surface area (Å²) in [6, 6.07) is 0. The second kappa shape index (κ2) is 5.46. The third kappa shape index (κ3) is 2.90. The summed E-state index contributed by atoms with van der Waals surface area (Å²) >= 11 is 0. The van der Waals surface area contributed by atoms with Crippen LogP contribution >= 0.6 is 0 Å². The number of rotatable bonds is 3. The van der Waals surface area contributed by atoms with E-state index in [1.54, 1.807) is 6.08 Å². The molecule has 0 unspecified atom stereocenters. The molecule has 0 aromatic rings. The van der Waals surface area contributed by atoms with E-state index >= 15 is 0 Å². The highest BCUT2D eigenvalue weighted by Gasteiger charge is 2.23. The van der Waals surface area contributed by atoms with Gasteiger partial charge in [0.15, 0.2) is 0 Å². The van der Waals surface area contributed by atoms with Crippen LogP contribution in [0.25, 0.3) is 0 Å². The fraction of sp³-hybridized carbons (Fsp3) is 0.545.